The summed E-state index contributed by atoms with van der Waals surface area (Å²) < 4.78 is 24.0. The summed E-state index contributed by atoms with van der Waals surface area (Å²) in [6.07, 6.45) is 14.5. The van der Waals surface area contributed by atoms with Crippen molar-refractivity contribution in [1.82, 2.24) is 14.9 Å². The van der Waals surface area contributed by atoms with Gasteiger partial charge in [-0.2, -0.15) is 0 Å². The standard InChI is InChI=1S/C66H27N3O8.44H2/c1-5-8-10-12-14-16-18-20-22-24-26-28-30-32-34-36-38-40-42-44-50-74-58-47-46-57(60(52-58)75-51-45-43-41-39-37-35-33-31-29-27-25-23-21-19-17-15-13-11-9-6-2)54-67-62(70)48-49-64(71)77-61-53-63(76-59(61)7-3)69-55-56(4)65(72)68-66(69)73;;;;;;;;;;;;;;;;;;;;;;;;;;;;;;;;;;;;;;;;;;;;/h1-2,46-47,52,55,59,61,63H,7,48-49,53-54H2,3-4H3,(H,67,70)(H,68,72,73);44*1H. The van der Waals surface area contributed by atoms with E-state index in [1.165, 1.54) is 16.8 Å². The number of aryl methyl sites for hydroxylation is 1. The Morgan fingerprint density at radius 1 is 0.623 bits per heavy atom. The molecule has 2 heterocycles. The highest BCUT2D eigenvalue weighted by Gasteiger charge is 2.38. The fourth-order valence-corrected chi connectivity index (χ4v) is 5.07. The van der Waals surface area contributed by atoms with Crippen LogP contribution in [0.3, 0.4) is 0 Å². The second-order valence-electron chi connectivity index (χ2n) is 13.3. The molecule has 0 saturated carbocycles. The van der Waals surface area contributed by atoms with Crippen LogP contribution < -0.4 is 26.0 Å². The van der Waals surface area contributed by atoms with E-state index in [-0.39, 0.29) is 100 Å². The number of H-pyrrole nitrogens is 1. The lowest BCUT2D eigenvalue weighted by molar-refractivity contribution is -0.153. The number of terminal acetylenes is 2. The molecule has 1 saturated heterocycles. The molecule has 1 amide bonds. The quantitative estimate of drug-likeness (QED) is 0.177. The zero-order valence-corrected chi connectivity index (χ0v) is 40.4. The summed E-state index contributed by atoms with van der Waals surface area (Å²) in [7, 11) is 0. The van der Waals surface area contributed by atoms with Crippen LogP contribution in [0.15, 0.2) is 34.0 Å². The van der Waals surface area contributed by atoms with E-state index in [0.29, 0.717) is 17.5 Å². The fourth-order valence-electron chi connectivity index (χ4n) is 5.07. The number of aromatic amines is 1. The van der Waals surface area contributed by atoms with Gasteiger partial charge in [-0.3, -0.25) is 23.9 Å². The number of amides is 1. The SMILES string of the molecule is C#CC#CC#CC#CC#CC#CC#CC#CC#CC#CC#COc1ccc(CNC(=O)CCC(=O)OC2CC(n3cc(C)c(=O)[nH]c3=O)OC2CC)c(OC#CC#CC#CC#CC#CC#CC#CC#CC#CC#CC#C)c1.[HH].[HH].[HH].[HH].[HH].[HH].[HH].[HH].[HH].[HH].[HH].[HH].[HH].[HH].[HH].[HH].[HH].[HH].[HH].[HH].[HH].[HH].[HH].[HH].[HH].[HH].[HH].[HH].[HH].[HH].[HH].[HH].[HH].[HH].[HH].[HH].[HH].[HH].[HH].[HH].[HH].[HH].[HH].[HH]. The first-order valence-corrected chi connectivity index (χ1v) is 21.6. The van der Waals surface area contributed by atoms with Crippen molar-refractivity contribution in [2.45, 2.75) is 64.5 Å². The number of aromatic nitrogens is 2. The fraction of sp³-hybridized carbons (Fsp3) is 0.152. The molecule has 0 bridgehead atoms. The number of nitrogens with zero attached hydrogens (tertiary/aromatic N) is 1. The van der Waals surface area contributed by atoms with Gasteiger partial charge < -0.3 is 24.3 Å². The van der Waals surface area contributed by atoms with E-state index in [1.807, 2.05) is 6.92 Å². The number of esters is 1. The predicted molar refractivity (Wildman–Crippen MR) is 380 cm³/mol. The zero-order chi connectivity index (χ0) is 55.2. The third kappa shape index (κ3) is 26.3. The Hall–Kier alpha value is -13.3. The number of ether oxygens (including phenoxy) is 4. The molecule has 0 aliphatic carbocycles. The second kappa shape index (κ2) is 37.6. The van der Waals surface area contributed by atoms with Gasteiger partial charge in [0.2, 0.25) is 5.91 Å². The maximum atomic E-state index is 12.9. The molecular weight excluding hydrogens is 963 g/mol. The number of hydrogen-bond acceptors (Lipinski definition) is 8. The van der Waals surface area contributed by atoms with Crippen LogP contribution in [-0.2, 0) is 25.6 Å². The summed E-state index contributed by atoms with van der Waals surface area (Å²) in [5, 5.41) is 2.74. The van der Waals surface area contributed by atoms with Crippen LogP contribution in [0.2, 0.25) is 0 Å². The number of benzene rings is 1. The largest absolute Gasteiger partial charge is 0.459 e. The van der Waals surface area contributed by atoms with Gasteiger partial charge in [-0.05, 0) is 120 Å². The summed E-state index contributed by atoms with van der Waals surface area (Å²) in [6.45, 7) is 3.37. The Kier molecular flexibility index (Phi) is 28.3. The number of nitrogens with one attached hydrogen (secondary N) is 2. The number of hydrogen-bond donors (Lipinski definition) is 2. The molecule has 0 radical (unpaired) electrons. The van der Waals surface area contributed by atoms with Gasteiger partial charge in [-0.25, -0.2) is 4.79 Å². The first kappa shape index (κ1) is 58.0. The number of carbonyl (C=O) groups is 2. The lowest BCUT2D eigenvalue weighted by Crippen LogP contribution is -2.33. The highest BCUT2D eigenvalue weighted by molar-refractivity contribution is 5.81. The van der Waals surface area contributed by atoms with Crippen molar-refractivity contribution in [2.24, 2.45) is 0 Å². The smallest absolute Gasteiger partial charge is 0.330 e. The Morgan fingerprint density at radius 2 is 1.04 bits per heavy atom. The molecule has 3 atom stereocenters. The summed E-state index contributed by atoms with van der Waals surface area (Å²) in [5.41, 5.74) is -0.350. The first-order valence-electron chi connectivity index (χ1n) is 21.6. The third-order valence-electron chi connectivity index (χ3n) is 8.22. The molecule has 11 nitrogen and oxygen atoms in total. The molecule has 442 valence electrons. The average Bonchev–Trinajstić information content (AvgIpc) is 1.69. The minimum Gasteiger partial charge on any atom is -0.459 e. The molecule has 3 unspecified atom stereocenters. The van der Waals surface area contributed by atoms with Crippen molar-refractivity contribution in [3.63, 3.8) is 0 Å². The summed E-state index contributed by atoms with van der Waals surface area (Å²) in [5.74, 6) is 97.6. The van der Waals surface area contributed by atoms with E-state index in [1.54, 1.807) is 19.1 Å². The van der Waals surface area contributed by atoms with Crippen molar-refractivity contribution in [2.75, 3.05) is 0 Å². The Balaban J connectivity index is -0.0000000355. The molecule has 1 aromatic heterocycles. The van der Waals surface area contributed by atoms with E-state index in [9.17, 15) is 19.2 Å². The third-order valence-corrected chi connectivity index (χ3v) is 8.22. The minimum absolute atomic E-state index is 0. The van der Waals surface area contributed by atoms with Gasteiger partial charge in [0, 0.05) is 248 Å². The van der Waals surface area contributed by atoms with Crippen molar-refractivity contribution in [3.8, 4) is 273 Å². The van der Waals surface area contributed by atoms with Gasteiger partial charge in [0.05, 0.1) is 12.5 Å². The highest BCUT2D eigenvalue weighted by atomic mass is 16.6. The van der Waals surface area contributed by atoms with E-state index < -0.39 is 41.6 Å². The zero-order valence-electron chi connectivity index (χ0n) is 40.4. The Bertz CT molecular complexity index is 4420. The topological polar surface area (TPSA) is 138 Å². The molecule has 1 aliphatic rings. The van der Waals surface area contributed by atoms with Crippen LogP contribution in [0.1, 0.15) is 113 Å². The number of rotatable bonds is 10. The lowest BCUT2D eigenvalue weighted by atomic mass is 10.1. The van der Waals surface area contributed by atoms with Gasteiger partial charge in [0.15, 0.2) is 0 Å². The molecule has 1 aromatic carbocycles. The molecule has 1 fully saturated rings. The summed E-state index contributed by atoms with van der Waals surface area (Å²) in [4.78, 5) is 52.3. The van der Waals surface area contributed by atoms with E-state index in [4.69, 9.17) is 31.8 Å². The molecule has 0 spiro atoms. The molecule has 3 rings (SSSR count). The lowest BCUT2D eigenvalue weighted by Gasteiger charge is -2.17. The molecule has 2 N–H and O–H groups in total. The first-order chi connectivity index (χ1) is 37.7. The maximum Gasteiger partial charge on any atom is 0.330 e. The summed E-state index contributed by atoms with van der Waals surface area (Å²) in [6, 6.07) is 4.65. The van der Waals surface area contributed by atoms with Crippen LogP contribution in [0, 0.1) is 269 Å². The Labute approximate surface area is 513 Å². The van der Waals surface area contributed by atoms with Crippen molar-refractivity contribution >= 4 is 11.9 Å². The van der Waals surface area contributed by atoms with Gasteiger partial charge in [-0.15, -0.1) is 12.8 Å². The molecule has 11 heteroatoms. The molecule has 2 aromatic rings. The molecular formula is C66H115N3O8. The van der Waals surface area contributed by atoms with E-state index in [2.05, 4.69) is 259 Å². The van der Waals surface area contributed by atoms with E-state index >= 15 is 0 Å². The van der Waals surface area contributed by atoms with Crippen LogP contribution >= 0.6 is 0 Å². The van der Waals surface area contributed by atoms with Crippen molar-refractivity contribution in [1.29, 1.82) is 0 Å². The van der Waals surface area contributed by atoms with Gasteiger partial charge in [0.25, 0.3) is 5.56 Å². The Morgan fingerprint density at radius 3 is 1.47 bits per heavy atom. The average molecular weight is 1080 g/mol. The molecule has 1 aliphatic heterocycles. The normalized spacial score (nSPS) is 10.9. The second-order valence-corrected chi connectivity index (χ2v) is 13.3. The van der Waals surface area contributed by atoms with Crippen molar-refractivity contribution < 1.29 is 91.3 Å². The van der Waals surface area contributed by atoms with Gasteiger partial charge in [-0.1, -0.05) is 6.92 Å². The monoisotopic (exact) mass is 1080 g/mol. The van der Waals surface area contributed by atoms with E-state index in [0.717, 1.165) is 0 Å². The van der Waals surface area contributed by atoms with Crippen molar-refractivity contribution in [3.05, 3.63) is 56.4 Å². The maximum absolute atomic E-state index is 12.9. The van der Waals surface area contributed by atoms with Gasteiger partial charge >= 0.3 is 11.7 Å². The van der Waals surface area contributed by atoms with Crippen LogP contribution in [0.4, 0.5) is 0 Å². The summed E-state index contributed by atoms with van der Waals surface area (Å²) >= 11 is 0. The van der Waals surface area contributed by atoms with Crippen LogP contribution in [0.5, 0.6) is 11.5 Å². The van der Waals surface area contributed by atoms with Gasteiger partial charge in [0.1, 0.15) is 36.0 Å². The van der Waals surface area contributed by atoms with Crippen LogP contribution in [0.25, 0.3) is 0 Å². The predicted octanol–water partition coefficient (Wildman–Crippen LogP) is 12.4. The minimum atomic E-state index is -0.757. The molecule has 77 heavy (non-hydrogen) atoms. The highest BCUT2D eigenvalue weighted by Crippen LogP contribution is 2.32. The van der Waals surface area contributed by atoms with Crippen LogP contribution in [-0.4, -0.2) is 33.6 Å². The number of carbonyl (C=O) groups excluding carboxylic acids is 2.